The molecular formula is C13H20BrNO2. The summed E-state index contributed by atoms with van der Waals surface area (Å²) in [5.74, 6) is 0.862. The third-order valence-corrected chi connectivity index (χ3v) is 3.43. The summed E-state index contributed by atoms with van der Waals surface area (Å²) in [7, 11) is 5.50. The van der Waals surface area contributed by atoms with Crippen LogP contribution in [0, 0.1) is 0 Å². The largest absolute Gasteiger partial charge is 0.496 e. The van der Waals surface area contributed by atoms with Crippen molar-refractivity contribution in [3.63, 3.8) is 0 Å². The topological polar surface area (TPSA) is 21.7 Å². The van der Waals surface area contributed by atoms with Gasteiger partial charge in [0.05, 0.1) is 18.2 Å². The molecule has 0 aromatic heterocycles. The summed E-state index contributed by atoms with van der Waals surface area (Å²) in [5, 5.41) is 0. The van der Waals surface area contributed by atoms with Gasteiger partial charge in [-0.25, -0.2) is 0 Å². The van der Waals surface area contributed by atoms with Crippen molar-refractivity contribution in [2.75, 3.05) is 27.9 Å². The number of halogens is 1. The Bertz CT molecular complexity index is 357. The van der Waals surface area contributed by atoms with Crippen LogP contribution in [-0.4, -0.2) is 38.8 Å². The molecule has 0 aliphatic carbocycles. The van der Waals surface area contributed by atoms with Gasteiger partial charge in [0.2, 0.25) is 0 Å². The molecule has 3 nitrogen and oxygen atoms in total. The minimum absolute atomic E-state index is 0.404. The summed E-state index contributed by atoms with van der Waals surface area (Å²) in [4.78, 5) is 2.26. The zero-order valence-electron chi connectivity index (χ0n) is 10.9. The Morgan fingerprint density at radius 1 is 1.35 bits per heavy atom. The molecule has 4 heteroatoms. The molecule has 17 heavy (non-hydrogen) atoms. The maximum absolute atomic E-state index is 5.21. The van der Waals surface area contributed by atoms with Gasteiger partial charge in [-0.3, -0.25) is 4.90 Å². The van der Waals surface area contributed by atoms with Gasteiger partial charge in [0.15, 0.2) is 0 Å². The Morgan fingerprint density at radius 3 is 2.59 bits per heavy atom. The van der Waals surface area contributed by atoms with E-state index in [1.165, 1.54) is 5.56 Å². The van der Waals surface area contributed by atoms with Gasteiger partial charge in [-0.15, -0.1) is 0 Å². The maximum atomic E-state index is 5.21. The van der Waals surface area contributed by atoms with E-state index in [4.69, 9.17) is 9.47 Å². The number of hydrogen-bond acceptors (Lipinski definition) is 3. The molecule has 0 saturated heterocycles. The fraction of sp³-hybridized carbons (Fsp3) is 0.538. The highest BCUT2D eigenvalue weighted by atomic mass is 79.9. The number of ether oxygens (including phenoxy) is 2. The van der Waals surface area contributed by atoms with Crippen LogP contribution in [-0.2, 0) is 11.3 Å². The highest BCUT2D eigenvalue weighted by Gasteiger charge is 2.10. The number of benzene rings is 1. The third kappa shape index (κ3) is 4.30. The molecule has 0 spiro atoms. The number of hydrogen-bond donors (Lipinski definition) is 0. The first kappa shape index (κ1) is 14.5. The molecule has 0 heterocycles. The van der Waals surface area contributed by atoms with E-state index in [-0.39, 0.29) is 0 Å². The number of likely N-dealkylation sites (N-methyl/N-ethyl adjacent to an activating group) is 1. The van der Waals surface area contributed by atoms with Crippen molar-refractivity contribution in [1.29, 1.82) is 0 Å². The fourth-order valence-electron chi connectivity index (χ4n) is 1.62. The minimum Gasteiger partial charge on any atom is -0.496 e. The lowest BCUT2D eigenvalue weighted by atomic mass is 10.2. The fourth-order valence-corrected chi connectivity index (χ4v) is 2.21. The molecule has 0 fully saturated rings. The van der Waals surface area contributed by atoms with Gasteiger partial charge in [0.1, 0.15) is 5.75 Å². The maximum Gasteiger partial charge on any atom is 0.133 e. The first-order valence-corrected chi connectivity index (χ1v) is 6.39. The van der Waals surface area contributed by atoms with Crippen molar-refractivity contribution in [1.82, 2.24) is 4.90 Å². The predicted octanol–water partition coefficient (Wildman–Crippen LogP) is 2.92. The molecule has 96 valence electrons. The van der Waals surface area contributed by atoms with Crippen LogP contribution in [0.2, 0.25) is 0 Å². The summed E-state index contributed by atoms with van der Waals surface area (Å²) >= 11 is 3.50. The van der Waals surface area contributed by atoms with Crippen LogP contribution in [0.3, 0.4) is 0 Å². The Kier molecular flexibility index (Phi) is 5.95. The van der Waals surface area contributed by atoms with Crippen LogP contribution < -0.4 is 4.74 Å². The van der Waals surface area contributed by atoms with Crippen LogP contribution in [0.4, 0.5) is 0 Å². The monoisotopic (exact) mass is 301 g/mol. The first-order chi connectivity index (χ1) is 8.08. The zero-order chi connectivity index (χ0) is 12.8. The zero-order valence-corrected chi connectivity index (χ0v) is 12.5. The van der Waals surface area contributed by atoms with Crippen LogP contribution in [0.5, 0.6) is 5.75 Å². The van der Waals surface area contributed by atoms with Crippen molar-refractivity contribution in [3.05, 3.63) is 28.2 Å². The van der Waals surface area contributed by atoms with Gasteiger partial charge in [-0.2, -0.15) is 0 Å². The minimum atomic E-state index is 0.404. The van der Waals surface area contributed by atoms with Crippen LogP contribution in [0.15, 0.2) is 22.7 Å². The smallest absolute Gasteiger partial charge is 0.133 e. The average Bonchev–Trinajstić information content (AvgIpc) is 2.29. The Hall–Kier alpha value is -0.580. The Balaban J connectivity index is 2.65. The number of nitrogens with zero attached hydrogens (tertiary/aromatic N) is 1. The average molecular weight is 302 g/mol. The lowest BCUT2D eigenvalue weighted by Gasteiger charge is -2.24. The SMILES string of the molecule is COCC(C)N(C)Cc1ccc(OC)c(Br)c1. The van der Waals surface area contributed by atoms with E-state index >= 15 is 0 Å². The van der Waals surface area contributed by atoms with Crippen molar-refractivity contribution < 1.29 is 9.47 Å². The van der Waals surface area contributed by atoms with E-state index in [0.717, 1.165) is 23.4 Å². The van der Waals surface area contributed by atoms with Crippen LogP contribution in [0.25, 0.3) is 0 Å². The van der Waals surface area contributed by atoms with Gasteiger partial charge in [-0.1, -0.05) is 6.07 Å². The molecule has 0 radical (unpaired) electrons. The second-order valence-electron chi connectivity index (χ2n) is 4.19. The van der Waals surface area contributed by atoms with Crippen molar-refractivity contribution in [3.8, 4) is 5.75 Å². The van der Waals surface area contributed by atoms with Gasteiger partial charge in [-0.05, 0) is 47.6 Å². The van der Waals surface area contributed by atoms with Crippen LogP contribution >= 0.6 is 15.9 Å². The predicted molar refractivity (Wildman–Crippen MR) is 73.5 cm³/mol. The molecule has 0 aliphatic heterocycles. The molecule has 1 rings (SSSR count). The van der Waals surface area contributed by atoms with E-state index in [9.17, 15) is 0 Å². The van der Waals surface area contributed by atoms with E-state index in [0.29, 0.717) is 6.04 Å². The summed E-state index contributed by atoms with van der Waals surface area (Å²) in [6.45, 7) is 3.79. The molecule has 0 bridgehead atoms. The van der Waals surface area contributed by atoms with Gasteiger partial charge < -0.3 is 9.47 Å². The normalized spacial score (nSPS) is 12.8. The van der Waals surface area contributed by atoms with Gasteiger partial charge in [0, 0.05) is 19.7 Å². The summed E-state index contributed by atoms with van der Waals surface area (Å²) in [6, 6.07) is 6.56. The molecule has 1 aromatic rings. The van der Waals surface area contributed by atoms with Crippen molar-refractivity contribution in [2.45, 2.75) is 19.5 Å². The van der Waals surface area contributed by atoms with E-state index in [1.54, 1.807) is 14.2 Å². The highest BCUT2D eigenvalue weighted by Crippen LogP contribution is 2.26. The number of methoxy groups -OCH3 is 2. The molecule has 0 aliphatic rings. The second kappa shape index (κ2) is 6.99. The lowest BCUT2D eigenvalue weighted by Crippen LogP contribution is -2.32. The van der Waals surface area contributed by atoms with Crippen molar-refractivity contribution >= 4 is 15.9 Å². The van der Waals surface area contributed by atoms with E-state index in [1.807, 2.05) is 6.07 Å². The second-order valence-corrected chi connectivity index (χ2v) is 5.04. The molecule has 1 atom stereocenters. The highest BCUT2D eigenvalue weighted by molar-refractivity contribution is 9.10. The molecule has 0 amide bonds. The Morgan fingerprint density at radius 2 is 2.06 bits per heavy atom. The summed E-state index contributed by atoms with van der Waals surface area (Å²) in [5.41, 5.74) is 1.25. The molecule has 1 aromatic carbocycles. The number of rotatable bonds is 6. The summed E-state index contributed by atoms with van der Waals surface area (Å²) < 4.78 is 11.4. The van der Waals surface area contributed by atoms with Gasteiger partial charge in [0.25, 0.3) is 0 Å². The quantitative estimate of drug-likeness (QED) is 0.806. The molecule has 0 N–H and O–H groups in total. The molecule has 0 saturated carbocycles. The lowest BCUT2D eigenvalue weighted by molar-refractivity contribution is 0.112. The molecule has 1 unspecified atom stereocenters. The van der Waals surface area contributed by atoms with Gasteiger partial charge >= 0.3 is 0 Å². The van der Waals surface area contributed by atoms with E-state index in [2.05, 4.69) is 46.9 Å². The third-order valence-electron chi connectivity index (χ3n) is 2.81. The Labute approximate surface area is 112 Å². The van der Waals surface area contributed by atoms with Crippen LogP contribution in [0.1, 0.15) is 12.5 Å². The first-order valence-electron chi connectivity index (χ1n) is 5.60. The van der Waals surface area contributed by atoms with Crippen molar-refractivity contribution in [2.24, 2.45) is 0 Å². The summed E-state index contributed by atoms with van der Waals surface area (Å²) in [6.07, 6.45) is 0. The van der Waals surface area contributed by atoms with E-state index < -0.39 is 0 Å². The molecular weight excluding hydrogens is 282 g/mol. The standard InChI is InChI=1S/C13H20BrNO2/c1-10(9-16-3)15(2)8-11-5-6-13(17-4)12(14)7-11/h5-7,10H,8-9H2,1-4H3.